The van der Waals surface area contributed by atoms with Crippen LogP contribution in [-0.2, 0) is 13.0 Å². The van der Waals surface area contributed by atoms with Gasteiger partial charge in [-0.15, -0.1) is 11.3 Å². The molecule has 1 aromatic heterocycles. The first-order valence-electron chi connectivity index (χ1n) is 6.83. The van der Waals surface area contributed by atoms with E-state index >= 15 is 0 Å². The van der Waals surface area contributed by atoms with Crippen molar-refractivity contribution < 1.29 is 9.47 Å². The number of benzene rings is 1. The molecule has 0 fully saturated rings. The lowest BCUT2D eigenvalue weighted by molar-refractivity contribution is 0.227. The summed E-state index contributed by atoms with van der Waals surface area (Å²) in [6.07, 6.45) is 0.983. The van der Waals surface area contributed by atoms with E-state index in [9.17, 15) is 0 Å². The van der Waals surface area contributed by atoms with Gasteiger partial charge in [0.05, 0.1) is 7.11 Å². The highest BCUT2D eigenvalue weighted by Gasteiger charge is 2.22. The summed E-state index contributed by atoms with van der Waals surface area (Å²) in [5.41, 5.74) is 1.22. The van der Waals surface area contributed by atoms with E-state index in [4.69, 9.17) is 9.47 Å². The monoisotopic (exact) mass is 289 g/mol. The van der Waals surface area contributed by atoms with E-state index in [1.165, 1.54) is 15.3 Å². The predicted molar refractivity (Wildman–Crippen MR) is 81.9 cm³/mol. The summed E-state index contributed by atoms with van der Waals surface area (Å²) in [6, 6.07) is 10.8. The minimum absolute atomic E-state index is 0.358. The van der Waals surface area contributed by atoms with E-state index in [-0.39, 0.29) is 0 Å². The third-order valence-electron chi connectivity index (χ3n) is 3.54. The first kappa shape index (κ1) is 13.5. The highest BCUT2D eigenvalue weighted by Crippen LogP contribution is 2.34. The zero-order chi connectivity index (χ0) is 13.9. The Morgan fingerprint density at radius 1 is 1.35 bits per heavy atom. The highest BCUT2D eigenvalue weighted by molar-refractivity contribution is 7.11. The van der Waals surface area contributed by atoms with Crippen molar-refractivity contribution in [3.05, 3.63) is 45.6 Å². The summed E-state index contributed by atoms with van der Waals surface area (Å²) in [7, 11) is 1.68. The number of ether oxygens (including phenoxy) is 2. The van der Waals surface area contributed by atoms with E-state index < -0.39 is 0 Å². The summed E-state index contributed by atoms with van der Waals surface area (Å²) in [5, 5.41) is 3.57. The van der Waals surface area contributed by atoms with Crippen LogP contribution in [0, 0.1) is 6.92 Å². The first-order valence-corrected chi connectivity index (χ1v) is 7.65. The van der Waals surface area contributed by atoms with Gasteiger partial charge in [-0.3, -0.25) is 0 Å². The maximum absolute atomic E-state index is 5.87. The van der Waals surface area contributed by atoms with Gasteiger partial charge in [0.15, 0.2) is 11.5 Å². The molecule has 0 amide bonds. The number of methoxy groups -OCH3 is 1. The average molecular weight is 289 g/mol. The van der Waals surface area contributed by atoms with Gasteiger partial charge < -0.3 is 14.8 Å². The Morgan fingerprint density at radius 3 is 3.00 bits per heavy atom. The molecule has 0 saturated carbocycles. The molecule has 2 heterocycles. The molecule has 1 aromatic carbocycles. The van der Waals surface area contributed by atoms with Crippen molar-refractivity contribution in [3.8, 4) is 11.5 Å². The largest absolute Gasteiger partial charge is 0.493 e. The fourth-order valence-corrected chi connectivity index (χ4v) is 3.35. The third kappa shape index (κ3) is 2.81. The summed E-state index contributed by atoms with van der Waals surface area (Å²) < 4.78 is 11.2. The van der Waals surface area contributed by atoms with Gasteiger partial charge >= 0.3 is 0 Å². The smallest absolute Gasteiger partial charge is 0.164 e. The van der Waals surface area contributed by atoms with Gasteiger partial charge in [0.25, 0.3) is 0 Å². The maximum Gasteiger partial charge on any atom is 0.164 e. The predicted octanol–water partition coefficient (Wildman–Crippen LogP) is 3.16. The normalized spacial score (nSPS) is 17.4. The van der Waals surface area contributed by atoms with Crippen LogP contribution < -0.4 is 14.8 Å². The van der Waals surface area contributed by atoms with Crippen molar-refractivity contribution >= 4 is 11.3 Å². The van der Waals surface area contributed by atoms with Crippen LogP contribution in [0.2, 0.25) is 0 Å². The van der Waals surface area contributed by atoms with Crippen molar-refractivity contribution in [3.63, 3.8) is 0 Å². The van der Waals surface area contributed by atoms with Crippen molar-refractivity contribution in [2.75, 3.05) is 13.7 Å². The van der Waals surface area contributed by atoms with Crippen LogP contribution in [0.15, 0.2) is 30.3 Å². The lowest BCUT2D eigenvalue weighted by Crippen LogP contribution is -2.38. The Morgan fingerprint density at radius 2 is 2.25 bits per heavy atom. The van der Waals surface area contributed by atoms with Crippen LogP contribution >= 0.6 is 11.3 Å². The van der Waals surface area contributed by atoms with E-state index in [1.807, 2.05) is 23.5 Å². The maximum atomic E-state index is 5.87. The van der Waals surface area contributed by atoms with Crippen molar-refractivity contribution in [2.45, 2.75) is 25.9 Å². The molecule has 1 aliphatic heterocycles. The number of hydrogen-bond acceptors (Lipinski definition) is 4. The molecule has 0 aliphatic carbocycles. The van der Waals surface area contributed by atoms with E-state index in [0.717, 1.165) is 24.5 Å². The van der Waals surface area contributed by atoms with E-state index in [2.05, 4.69) is 30.4 Å². The lowest BCUT2D eigenvalue weighted by atomic mass is 10.0. The standard InChI is InChI=1S/C16H19NO2S/c1-11-6-7-14(20-11)9-17-13-8-12-4-3-5-15(18-2)16(12)19-10-13/h3-7,13,17H,8-10H2,1-2H3. The quantitative estimate of drug-likeness (QED) is 0.938. The number of thiophene rings is 1. The van der Waals surface area contributed by atoms with Gasteiger partial charge in [-0.1, -0.05) is 12.1 Å². The van der Waals surface area contributed by atoms with Gasteiger partial charge in [0.1, 0.15) is 6.61 Å². The summed E-state index contributed by atoms with van der Waals surface area (Å²) in [4.78, 5) is 2.73. The Hall–Kier alpha value is -1.52. The van der Waals surface area contributed by atoms with Gasteiger partial charge in [-0.25, -0.2) is 0 Å². The zero-order valence-corrected chi connectivity index (χ0v) is 12.6. The Kier molecular flexibility index (Phi) is 3.94. The number of hydrogen-bond donors (Lipinski definition) is 1. The molecule has 2 aromatic rings. The van der Waals surface area contributed by atoms with Gasteiger partial charge in [-0.05, 0) is 37.1 Å². The van der Waals surface area contributed by atoms with Crippen molar-refractivity contribution in [1.82, 2.24) is 5.32 Å². The van der Waals surface area contributed by atoms with E-state index in [1.54, 1.807) is 7.11 Å². The number of rotatable bonds is 4. The third-order valence-corrected chi connectivity index (χ3v) is 4.54. The van der Waals surface area contributed by atoms with Crippen LogP contribution in [0.1, 0.15) is 15.3 Å². The minimum Gasteiger partial charge on any atom is -0.493 e. The molecule has 1 unspecified atom stereocenters. The Labute approximate surface area is 123 Å². The fourth-order valence-electron chi connectivity index (χ4n) is 2.51. The van der Waals surface area contributed by atoms with Gasteiger partial charge in [0, 0.05) is 22.3 Å². The average Bonchev–Trinajstić information content (AvgIpc) is 2.89. The molecule has 0 radical (unpaired) electrons. The van der Waals surface area contributed by atoms with Crippen LogP contribution in [0.3, 0.4) is 0 Å². The fraction of sp³-hybridized carbons (Fsp3) is 0.375. The number of para-hydroxylation sites is 1. The topological polar surface area (TPSA) is 30.5 Å². The van der Waals surface area contributed by atoms with E-state index in [0.29, 0.717) is 12.6 Å². The van der Waals surface area contributed by atoms with Crippen LogP contribution in [-0.4, -0.2) is 19.8 Å². The Balaban J connectivity index is 1.64. The zero-order valence-electron chi connectivity index (χ0n) is 11.8. The molecule has 3 rings (SSSR count). The lowest BCUT2D eigenvalue weighted by Gasteiger charge is -2.27. The molecule has 1 aliphatic rings. The molecule has 20 heavy (non-hydrogen) atoms. The number of fused-ring (bicyclic) bond motifs is 1. The van der Waals surface area contributed by atoms with Crippen molar-refractivity contribution in [2.24, 2.45) is 0 Å². The highest BCUT2D eigenvalue weighted by atomic mass is 32.1. The minimum atomic E-state index is 0.358. The van der Waals surface area contributed by atoms with Crippen molar-refractivity contribution in [1.29, 1.82) is 0 Å². The first-order chi connectivity index (χ1) is 9.76. The molecule has 1 atom stereocenters. The second-order valence-corrected chi connectivity index (χ2v) is 6.43. The summed E-state index contributed by atoms with van der Waals surface area (Å²) in [6.45, 7) is 3.74. The molecule has 106 valence electrons. The van der Waals surface area contributed by atoms with Crippen LogP contribution in [0.5, 0.6) is 11.5 Å². The van der Waals surface area contributed by atoms with Gasteiger partial charge in [-0.2, -0.15) is 0 Å². The molecule has 3 nitrogen and oxygen atoms in total. The molecular formula is C16H19NO2S. The van der Waals surface area contributed by atoms with Crippen LogP contribution in [0.25, 0.3) is 0 Å². The van der Waals surface area contributed by atoms with Gasteiger partial charge in [0.2, 0.25) is 0 Å². The molecular weight excluding hydrogens is 270 g/mol. The molecule has 0 bridgehead atoms. The molecule has 1 N–H and O–H groups in total. The number of nitrogens with one attached hydrogen (secondary N) is 1. The summed E-state index contributed by atoms with van der Waals surface area (Å²) >= 11 is 1.84. The Bertz CT molecular complexity index is 594. The second-order valence-electron chi connectivity index (χ2n) is 5.05. The SMILES string of the molecule is COc1cccc2c1OCC(NCc1ccc(C)s1)C2. The molecule has 0 spiro atoms. The summed E-state index contributed by atoms with van der Waals surface area (Å²) in [5.74, 6) is 1.73. The number of aryl methyl sites for hydroxylation is 1. The van der Waals surface area contributed by atoms with Crippen LogP contribution in [0.4, 0.5) is 0 Å². The molecule has 4 heteroatoms. The molecule has 0 saturated heterocycles. The second kappa shape index (κ2) is 5.85.